The van der Waals surface area contributed by atoms with E-state index < -0.39 is 11.6 Å². The number of hydrogen-bond donors (Lipinski definition) is 3. The minimum absolute atomic E-state index is 0.0828. The molecule has 1 aliphatic carbocycles. The topological polar surface area (TPSA) is 87.3 Å². The molecule has 2 aliphatic rings. The maximum Gasteiger partial charge on any atom is 0.322 e. The van der Waals surface area contributed by atoms with Gasteiger partial charge in [0.05, 0.1) is 0 Å². The van der Waals surface area contributed by atoms with Crippen molar-refractivity contribution in [3.63, 3.8) is 0 Å². The van der Waals surface area contributed by atoms with Gasteiger partial charge < -0.3 is 10.6 Å². The number of carbonyl (C=O) groups excluding carboxylic acids is 3. The lowest BCUT2D eigenvalue weighted by atomic mass is 9.79. The molecule has 0 atom stereocenters. The molecule has 2 fully saturated rings. The monoisotopic (exact) mass is 313 g/mol. The zero-order valence-electron chi connectivity index (χ0n) is 12.4. The number of carbonyl (C=O) groups is 3. The van der Waals surface area contributed by atoms with Gasteiger partial charge in [-0.15, -0.1) is 0 Å². The molecule has 1 saturated heterocycles. The summed E-state index contributed by atoms with van der Waals surface area (Å²) >= 11 is 1.80. The molecule has 7 heteroatoms. The van der Waals surface area contributed by atoms with Crippen LogP contribution in [0.1, 0.15) is 45.4 Å². The summed E-state index contributed by atoms with van der Waals surface area (Å²) < 4.78 is 0. The lowest BCUT2D eigenvalue weighted by Crippen LogP contribution is -2.52. The third-order valence-electron chi connectivity index (χ3n) is 4.04. The van der Waals surface area contributed by atoms with Gasteiger partial charge in [0.15, 0.2) is 0 Å². The van der Waals surface area contributed by atoms with Crippen molar-refractivity contribution in [2.75, 3.05) is 11.5 Å². The van der Waals surface area contributed by atoms with E-state index in [0.717, 1.165) is 30.8 Å². The summed E-state index contributed by atoms with van der Waals surface area (Å²) in [5.74, 6) is 1.80. The van der Waals surface area contributed by atoms with E-state index in [1.54, 1.807) is 11.8 Å². The second-order valence-electron chi connectivity index (χ2n) is 5.69. The maximum absolute atomic E-state index is 11.8. The van der Waals surface area contributed by atoms with E-state index in [-0.39, 0.29) is 17.9 Å². The third kappa shape index (κ3) is 4.12. The van der Waals surface area contributed by atoms with Crippen LogP contribution in [-0.2, 0) is 9.59 Å². The summed E-state index contributed by atoms with van der Waals surface area (Å²) in [6, 6.07) is -0.292. The highest BCUT2D eigenvalue weighted by Crippen LogP contribution is 2.30. The summed E-state index contributed by atoms with van der Waals surface area (Å²) in [5, 5.41) is 8.05. The fourth-order valence-electron chi connectivity index (χ4n) is 2.85. The molecule has 1 saturated carbocycles. The fraction of sp³-hybridized carbons (Fsp3) is 0.786. The van der Waals surface area contributed by atoms with Gasteiger partial charge in [-0.05, 0) is 37.9 Å². The van der Waals surface area contributed by atoms with Crippen LogP contribution < -0.4 is 16.0 Å². The highest BCUT2D eigenvalue weighted by Gasteiger charge is 2.48. The van der Waals surface area contributed by atoms with Crippen molar-refractivity contribution in [1.82, 2.24) is 16.0 Å². The summed E-state index contributed by atoms with van der Waals surface area (Å²) in [6.45, 7) is 2.13. The van der Waals surface area contributed by atoms with Crippen LogP contribution in [0.5, 0.6) is 0 Å². The Bertz CT molecular complexity index is 420. The first-order chi connectivity index (χ1) is 10.1. The van der Waals surface area contributed by atoms with Gasteiger partial charge in [0.25, 0.3) is 5.91 Å². The summed E-state index contributed by atoms with van der Waals surface area (Å²) in [7, 11) is 0. The molecule has 0 aromatic heterocycles. The van der Waals surface area contributed by atoms with Gasteiger partial charge in [0.2, 0.25) is 5.91 Å². The largest absolute Gasteiger partial charge is 0.353 e. The lowest BCUT2D eigenvalue weighted by Gasteiger charge is -2.34. The van der Waals surface area contributed by atoms with Crippen LogP contribution in [0.4, 0.5) is 4.79 Å². The molecular formula is C14H23N3O3S. The number of thioether (sulfide) groups is 1. The zero-order chi connectivity index (χ0) is 15.3. The van der Waals surface area contributed by atoms with Crippen LogP contribution in [0.3, 0.4) is 0 Å². The Morgan fingerprint density at radius 2 is 2.05 bits per heavy atom. The third-order valence-corrected chi connectivity index (χ3v) is 5.23. The van der Waals surface area contributed by atoms with Crippen molar-refractivity contribution >= 4 is 29.6 Å². The molecule has 4 amide bonds. The van der Waals surface area contributed by atoms with Crippen LogP contribution >= 0.6 is 11.8 Å². The average molecular weight is 313 g/mol. The van der Waals surface area contributed by atoms with E-state index in [9.17, 15) is 14.4 Å². The molecular weight excluding hydrogens is 290 g/mol. The lowest BCUT2D eigenvalue weighted by molar-refractivity contribution is -0.125. The number of urea groups is 1. The Labute approximate surface area is 129 Å². The van der Waals surface area contributed by atoms with Crippen molar-refractivity contribution in [1.29, 1.82) is 0 Å². The van der Waals surface area contributed by atoms with Crippen LogP contribution in [-0.4, -0.2) is 40.9 Å². The molecule has 1 spiro atoms. The molecule has 0 bridgehead atoms. The van der Waals surface area contributed by atoms with Gasteiger partial charge in [-0.3, -0.25) is 14.9 Å². The van der Waals surface area contributed by atoms with E-state index in [0.29, 0.717) is 19.3 Å². The SMILES string of the molecule is CCCSCCC(=O)NC1CCC2(CC1)NC(=O)NC2=O. The highest BCUT2D eigenvalue weighted by molar-refractivity contribution is 7.99. The first-order valence-electron chi connectivity index (χ1n) is 7.56. The Kier molecular flexibility index (Phi) is 5.50. The van der Waals surface area contributed by atoms with Crippen LogP contribution in [0.25, 0.3) is 0 Å². The fourth-order valence-corrected chi connectivity index (χ4v) is 3.67. The minimum Gasteiger partial charge on any atom is -0.353 e. The Morgan fingerprint density at radius 1 is 1.33 bits per heavy atom. The summed E-state index contributed by atoms with van der Waals surface area (Å²) in [6.07, 6.45) is 4.29. The predicted molar refractivity (Wildman–Crippen MR) is 82.0 cm³/mol. The molecule has 0 aromatic carbocycles. The molecule has 0 aromatic rings. The van der Waals surface area contributed by atoms with Gasteiger partial charge in [-0.2, -0.15) is 11.8 Å². The molecule has 1 aliphatic heterocycles. The number of nitrogens with one attached hydrogen (secondary N) is 3. The van der Waals surface area contributed by atoms with Crippen molar-refractivity contribution < 1.29 is 14.4 Å². The number of rotatable bonds is 6. The Morgan fingerprint density at radius 3 is 2.62 bits per heavy atom. The second-order valence-corrected chi connectivity index (χ2v) is 6.92. The summed E-state index contributed by atoms with van der Waals surface area (Å²) in [5.41, 5.74) is -0.741. The standard InChI is InChI=1S/C14H23N3O3S/c1-2-8-21-9-5-11(18)15-10-3-6-14(7-4-10)12(19)16-13(20)17-14/h10H,2-9H2,1H3,(H,15,18)(H2,16,17,19,20). The van der Waals surface area contributed by atoms with E-state index in [1.165, 1.54) is 0 Å². The van der Waals surface area contributed by atoms with Crippen molar-refractivity contribution in [2.24, 2.45) is 0 Å². The van der Waals surface area contributed by atoms with Gasteiger partial charge >= 0.3 is 6.03 Å². The average Bonchev–Trinajstić information content (AvgIpc) is 2.72. The number of hydrogen-bond acceptors (Lipinski definition) is 4. The van der Waals surface area contributed by atoms with E-state index in [1.807, 2.05) is 0 Å². The molecule has 1 heterocycles. The first-order valence-corrected chi connectivity index (χ1v) is 8.72. The van der Waals surface area contributed by atoms with Gasteiger partial charge in [-0.1, -0.05) is 6.92 Å². The number of amides is 4. The van der Waals surface area contributed by atoms with Crippen LogP contribution in [0, 0.1) is 0 Å². The molecule has 3 N–H and O–H groups in total. The molecule has 118 valence electrons. The quantitative estimate of drug-likeness (QED) is 0.507. The van der Waals surface area contributed by atoms with Gasteiger partial charge in [-0.25, -0.2) is 4.79 Å². The second kappa shape index (κ2) is 7.15. The highest BCUT2D eigenvalue weighted by atomic mass is 32.2. The minimum atomic E-state index is -0.741. The smallest absolute Gasteiger partial charge is 0.322 e. The number of imide groups is 1. The Balaban J connectivity index is 1.71. The summed E-state index contributed by atoms with van der Waals surface area (Å²) in [4.78, 5) is 34.9. The van der Waals surface area contributed by atoms with Crippen molar-refractivity contribution in [3.05, 3.63) is 0 Å². The normalized spacial score (nSPS) is 28.3. The molecule has 2 rings (SSSR count). The molecule has 0 unspecified atom stereocenters. The van der Waals surface area contributed by atoms with E-state index in [4.69, 9.17) is 0 Å². The first kappa shape index (κ1) is 16.1. The van der Waals surface area contributed by atoms with Crippen LogP contribution in [0.15, 0.2) is 0 Å². The van der Waals surface area contributed by atoms with Crippen LogP contribution in [0.2, 0.25) is 0 Å². The van der Waals surface area contributed by atoms with Gasteiger partial charge in [0.1, 0.15) is 5.54 Å². The van der Waals surface area contributed by atoms with Crippen molar-refractivity contribution in [2.45, 2.75) is 57.0 Å². The molecule has 0 radical (unpaired) electrons. The predicted octanol–water partition coefficient (Wildman–Crippen LogP) is 1.16. The zero-order valence-corrected chi connectivity index (χ0v) is 13.2. The van der Waals surface area contributed by atoms with Crippen molar-refractivity contribution in [3.8, 4) is 0 Å². The molecule has 21 heavy (non-hydrogen) atoms. The van der Waals surface area contributed by atoms with E-state index in [2.05, 4.69) is 22.9 Å². The molecule has 6 nitrogen and oxygen atoms in total. The van der Waals surface area contributed by atoms with E-state index >= 15 is 0 Å². The maximum atomic E-state index is 11.8. The van der Waals surface area contributed by atoms with Gasteiger partial charge in [0, 0.05) is 18.2 Å². The Hall–Kier alpha value is -1.24.